The lowest BCUT2D eigenvalue weighted by molar-refractivity contribution is 0.0698. The molecule has 0 unspecified atom stereocenters. The van der Waals surface area contributed by atoms with Gasteiger partial charge in [0.25, 0.3) is 0 Å². The zero-order valence-corrected chi connectivity index (χ0v) is 9.32. The molecule has 2 rings (SSSR count). The van der Waals surface area contributed by atoms with Crippen molar-refractivity contribution in [1.29, 1.82) is 0 Å². The molecule has 0 spiro atoms. The van der Waals surface area contributed by atoms with Gasteiger partial charge in [-0.05, 0) is 13.0 Å². The normalized spacial score (nSPS) is 10.8. The van der Waals surface area contributed by atoms with Gasteiger partial charge in [-0.25, -0.2) is 9.78 Å². The van der Waals surface area contributed by atoms with Crippen LogP contribution in [0.2, 0.25) is 5.02 Å². The maximum absolute atomic E-state index is 10.9. The fraction of sp³-hybridized carbons (Fsp3) is 0.111. The molecule has 2 aromatic rings. The fourth-order valence-electron chi connectivity index (χ4n) is 1.33. The standard InChI is InChI=1S/C9H7ClN2O2S/c1-3-12-5-2-4(9(13)14)7(11)6(10)8(5)15-3/h2H,11H2,1H3,(H,13,14). The lowest BCUT2D eigenvalue weighted by Crippen LogP contribution is -2.02. The number of carbonyl (C=O) groups is 1. The Hall–Kier alpha value is -1.33. The van der Waals surface area contributed by atoms with Gasteiger partial charge >= 0.3 is 5.97 Å². The van der Waals surface area contributed by atoms with Crippen LogP contribution in [0.15, 0.2) is 6.07 Å². The number of thiazole rings is 1. The molecular weight excluding hydrogens is 236 g/mol. The molecule has 1 aromatic carbocycles. The highest BCUT2D eigenvalue weighted by atomic mass is 35.5. The molecule has 0 saturated heterocycles. The minimum Gasteiger partial charge on any atom is -0.478 e. The van der Waals surface area contributed by atoms with Crippen LogP contribution in [0.5, 0.6) is 0 Å². The summed E-state index contributed by atoms with van der Waals surface area (Å²) in [5.41, 5.74) is 6.30. The van der Waals surface area contributed by atoms with Gasteiger partial charge in [-0.1, -0.05) is 11.6 Å². The van der Waals surface area contributed by atoms with Crippen LogP contribution in [0.25, 0.3) is 10.2 Å². The van der Waals surface area contributed by atoms with E-state index in [0.29, 0.717) is 5.52 Å². The van der Waals surface area contributed by atoms with E-state index in [0.717, 1.165) is 9.71 Å². The quantitative estimate of drug-likeness (QED) is 0.754. The van der Waals surface area contributed by atoms with Crippen molar-refractivity contribution < 1.29 is 9.90 Å². The molecule has 0 bridgehead atoms. The van der Waals surface area contributed by atoms with Gasteiger partial charge in [0.1, 0.15) is 0 Å². The van der Waals surface area contributed by atoms with E-state index >= 15 is 0 Å². The van der Waals surface area contributed by atoms with Gasteiger partial charge in [0.05, 0.1) is 31.5 Å². The number of hydrogen-bond donors (Lipinski definition) is 2. The van der Waals surface area contributed by atoms with Crippen LogP contribution >= 0.6 is 22.9 Å². The highest BCUT2D eigenvalue weighted by molar-refractivity contribution is 7.19. The van der Waals surface area contributed by atoms with E-state index in [1.807, 2.05) is 6.92 Å². The van der Waals surface area contributed by atoms with Crippen molar-refractivity contribution in [2.45, 2.75) is 6.92 Å². The first-order valence-corrected chi connectivity index (χ1v) is 5.28. The average Bonchev–Trinajstić information content (AvgIpc) is 2.52. The maximum atomic E-state index is 10.9. The van der Waals surface area contributed by atoms with E-state index in [-0.39, 0.29) is 16.3 Å². The van der Waals surface area contributed by atoms with Gasteiger partial charge in [-0.3, -0.25) is 0 Å². The van der Waals surface area contributed by atoms with Crippen molar-refractivity contribution in [2.24, 2.45) is 0 Å². The van der Waals surface area contributed by atoms with Crippen LogP contribution < -0.4 is 5.73 Å². The van der Waals surface area contributed by atoms with Gasteiger partial charge in [0.15, 0.2) is 0 Å². The topological polar surface area (TPSA) is 76.2 Å². The lowest BCUT2D eigenvalue weighted by atomic mass is 10.1. The summed E-state index contributed by atoms with van der Waals surface area (Å²) in [5, 5.41) is 9.99. The van der Waals surface area contributed by atoms with E-state index in [4.69, 9.17) is 22.4 Å². The largest absolute Gasteiger partial charge is 0.478 e. The number of nitrogen functional groups attached to an aromatic ring is 1. The number of carboxylic acids is 1. The molecule has 15 heavy (non-hydrogen) atoms. The van der Waals surface area contributed by atoms with Gasteiger partial charge in [0, 0.05) is 0 Å². The van der Waals surface area contributed by atoms with Crippen LogP contribution in [0.3, 0.4) is 0 Å². The van der Waals surface area contributed by atoms with E-state index < -0.39 is 5.97 Å². The zero-order chi connectivity index (χ0) is 11.2. The molecule has 0 aliphatic heterocycles. The summed E-state index contributed by atoms with van der Waals surface area (Å²) >= 11 is 7.37. The molecular formula is C9H7ClN2O2S. The predicted octanol–water partition coefficient (Wildman–Crippen LogP) is 2.54. The van der Waals surface area contributed by atoms with Crippen LogP contribution in [-0.2, 0) is 0 Å². The number of hydrogen-bond acceptors (Lipinski definition) is 4. The van der Waals surface area contributed by atoms with Gasteiger partial charge in [-0.15, -0.1) is 11.3 Å². The average molecular weight is 243 g/mol. The highest BCUT2D eigenvalue weighted by Gasteiger charge is 2.16. The molecule has 0 aliphatic rings. The number of anilines is 1. The fourth-order valence-corrected chi connectivity index (χ4v) is 2.49. The third-order valence-electron chi connectivity index (χ3n) is 2.00. The Morgan fingerprint density at radius 3 is 2.93 bits per heavy atom. The number of fused-ring (bicyclic) bond motifs is 1. The Morgan fingerprint density at radius 1 is 1.67 bits per heavy atom. The van der Waals surface area contributed by atoms with E-state index in [9.17, 15) is 4.79 Å². The summed E-state index contributed by atoms with van der Waals surface area (Å²) < 4.78 is 0.733. The number of carboxylic acid groups (broad SMARTS) is 1. The number of aromatic nitrogens is 1. The third kappa shape index (κ3) is 1.53. The maximum Gasteiger partial charge on any atom is 0.337 e. The first kappa shape index (κ1) is 10.2. The van der Waals surface area contributed by atoms with Gasteiger partial charge in [0.2, 0.25) is 0 Å². The van der Waals surface area contributed by atoms with Crippen molar-refractivity contribution in [3.8, 4) is 0 Å². The van der Waals surface area contributed by atoms with E-state index in [1.54, 1.807) is 0 Å². The molecule has 1 heterocycles. The number of halogens is 1. The molecule has 3 N–H and O–H groups in total. The summed E-state index contributed by atoms with van der Waals surface area (Å²) in [4.78, 5) is 15.0. The minimum absolute atomic E-state index is 0.00204. The van der Waals surface area contributed by atoms with Gasteiger partial charge in [-0.2, -0.15) is 0 Å². The summed E-state index contributed by atoms with van der Waals surface area (Å²) in [7, 11) is 0. The van der Waals surface area contributed by atoms with Crippen molar-refractivity contribution >= 4 is 44.8 Å². The van der Waals surface area contributed by atoms with E-state index in [1.165, 1.54) is 17.4 Å². The molecule has 0 atom stereocenters. The number of aryl methyl sites for hydroxylation is 1. The second-order valence-corrected chi connectivity index (χ2v) is 4.62. The number of rotatable bonds is 1. The molecule has 0 radical (unpaired) electrons. The van der Waals surface area contributed by atoms with Crippen molar-refractivity contribution in [1.82, 2.24) is 4.98 Å². The number of benzene rings is 1. The Labute approximate surface area is 94.3 Å². The number of aromatic carboxylic acids is 1. The van der Waals surface area contributed by atoms with Crippen molar-refractivity contribution in [2.75, 3.05) is 5.73 Å². The second-order valence-electron chi connectivity index (χ2n) is 3.04. The molecule has 0 amide bonds. The Balaban J connectivity index is 2.87. The molecule has 0 saturated carbocycles. The molecule has 4 nitrogen and oxygen atoms in total. The van der Waals surface area contributed by atoms with Crippen LogP contribution in [0.1, 0.15) is 15.4 Å². The summed E-state index contributed by atoms with van der Waals surface area (Å²) in [6.45, 7) is 1.83. The molecule has 78 valence electrons. The van der Waals surface area contributed by atoms with Crippen LogP contribution in [-0.4, -0.2) is 16.1 Å². The van der Waals surface area contributed by atoms with Gasteiger partial charge < -0.3 is 10.8 Å². The van der Waals surface area contributed by atoms with Crippen LogP contribution in [0, 0.1) is 6.92 Å². The first-order valence-electron chi connectivity index (χ1n) is 4.09. The van der Waals surface area contributed by atoms with Crippen LogP contribution in [0.4, 0.5) is 5.69 Å². The Bertz CT molecular complexity index is 565. The molecule has 0 fully saturated rings. The number of nitrogens with two attached hydrogens (primary N) is 1. The van der Waals surface area contributed by atoms with Crippen molar-refractivity contribution in [3.05, 3.63) is 21.7 Å². The highest BCUT2D eigenvalue weighted by Crippen LogP contribution is 2.35. The summed E-state index contributed by atoms with van der Waals surface area (Å²) in [6.07, 6.45) is 0. The zero-order valence-electron chi connectivity index (χ0n) is 7.74. The monoisotopic (exact) mass is 242 g/mol. The minimum atomic E-state index is -1.10. The predicted molar refractivity (Wildman–Crippen MR) is 60.7 cm³/mol. The number of nitrogens with zero attached hydrogens (tertiary/aromatic N) is 1. The molecule has 1 aromatic heterocycles. The van der Waals surface area contributed by atoms with E-state index in [2.05, 4.69) is 4.98 Å². The Kier molecular flexibility index (Phi) is 2.28. The molecule has 6 heteroatoms. The lowest BCUT2D eigenvalue weighted by Gasteiger charge is -2.03. The summed E-state index contributed by atoms with van der Waals surface area (Å²) in [5.74, 6) is -1.10. The van der Waals surface area contributed by atoms with Crippen molar-refractivity contribution in [3.63, 3.8) is 0 Å². The smallest absolute Gasteiger partial charge is 0.337 e. The second kappa shape index (κ2) is 3.36. The first-order chi connectivity index (χ1) is 7.00. The molecule has 0 aliphatic carbocycles. The third-order valence-corrected chi connectivity index (χ3v) is 3.51. The Morgan fingerprint density at radius 2 is 2.33 bits per heavy atom. The SMILES string of the molecule is Cc1nc2cc(C(=O)O)c(N)c(Cl)c2s1. The summed E-state index contributed by atoms with van der Waals surface area (Å²) in [6, 6.07) is 1.45.